The minimum absolute atomic E-state index is 0.0699. The molecule has 1 aliphatic rings. The van der Waals surface area contributed by atoms with E-state index in [1.54, 1.807) is 24.3 Å². The molecule has 3 N–H and O–H groups in total. The summed E-state index contributed by atoms with van der Waals surface area (Å²) < 4.78 is 0. The fourth-order valence-electron chi connectivity index (χ4n) is 2.45. The molecule has 5 nitrogen and oxygen atoms in total. The standard InChI is InChI=1S/C14H17NO4/c16-12-4-2-1-3-9(12)8-13(17)15-11-6-5-10(7-11)14(18)19/h1-4,10-11,16H,5-8H2,(H,15,17)(H,18,19)/t10-,11+/m1/s1. The maximum Gasteiger partial charge on any atom is 0.306 e. The highest BCUT2D eigenvalue weighted by atomic mass is 16.4. The molecular formula is C14H17NO4. The Labute approximate surface area is 111 Å². The van der Waals surface area contributed by atoms with Crippen LogP contribution in [0.3, 0.4) is 0 Å². The first-order valence-electron chi connectivity index (χ1n) is 6.35. The Morgan fingerprint density at radius 2 is 2.00 bits per heavy atom. The van der Waals surface area contributed by atoms with Crippen LogP contribution in [-0.2, 0) is 16.0 Å². The van der Waals surface area contributed by atoms with Gasteiger partial charge in [-0.25, -0.2) is 0 Å². The average Bonchev–Trinajstić information content (AvgIpc) is 2.80. The van der Waals surface area contributed by atoms with E-state index < -0.39 is 5.97 Å². The van der Waals surface area contributed by atoms with Crippen LogP contribution in [0.5, 0.6) is 5.75 Å². The smallest absolute Gasteiger partial charge is 0.306 e. The van der Waals surface area contributed by atoms with Crippen molar-refractivity contribution in [2.45, 2.75) is 31.7 Å². The van der Waals surface area contributed by atoms with Gasteiger partial charge in [0.05, 0.1) is 12.3 Å². The van der Waals surface area contributed by atoms with Crippen molar-refractivity contribution in [2.75, 3.05) is 0 Å². The van der Waals surface area contributed by atoms with Gasteiger partial charge in [-0.1, -0.05) is 18.2 Å². The van der Waals surface area contributed by atoms with Crippen LogP contribution < -0.4 is 5.32 Å². The summed E-state index contributed by atoms with van der Waals surface area (Å²) in [4.78, 5) is 22.7. The van der Waals surface area contributed by atoms with Gasteiger partial charge in [-0.2, -0.15) is 0 Å². The summed E-state index contributed by atoms with van der Waals surface area (Å²) >= 11 is 0. The van der Waals surface area contributed by atoms with Crippen LogP contribution in [0.1, 0.15) is 24.8 Å². The van der Waals surface area contributed by atoms with Crippen molar-refractivity contribution in [3.05, 3.63) is 29.8 Å². The van der Waals surface area contributed by atoms with E-state index in [1.807, 2.05) is 0 Å². The first kappa shape index (κ1) is 13.4. The highest BCUT2D eigenvalue weighted by molar-refractivity contribution is 5.79. The summed E-state index contributed by atoms with van der Waals surface area (Å²) in [6.45, 7) is 0. The maximum atomic E-state index is 11.8. The zero-order valence-corrected chi connectivity index (χ0v) is 10.5. The molecule has 0 spiro atoms. The molecule has 0 radical (unpaired) electrons. The molecule has 2 rings (SSSR count). The van der Waals surface area contributed by atoms with E-state index in [0.717, 1.165) is 0 Å². The Balaban J connectivity index is 1.86. The molecule has 2 atom stereocenters. The molecule has 1 amide bonds. The number of aliphatic carboxylic acids is 1. The number of para-hydroxylation sites is 1. The van der Waals surface area contributed by atoms with Crippen molar-refractivity contribution in [3.63, 3.8) is 0 Å². The number of amides is 1. The van der Waals surface area contributed by atoms with Crippen LogP contribution in [-0.4, -0.2) is 28.1 Å². The van der Waals surface area contributed by atoms with Crippen molar-refractivity contribution in [2.24, 2.45) is 5.92 Å². The molecule has 0 heterocycles. The third kappa shape index (κ3) is 3.47. The second-order valence-electron chi connectivity index (χ2n) is 4.92. The second kappa shape index (κ2) is 5.73. The number of carboxylic acid groups (broad SMARTS) is 1. The van der Waals surface area contributed by atoms with E-state index in [4.69, 9.17) is 5.11 Å². The number of hydrogen-bond acceptors (Lipinski definition) is 3. The minimum Gasteiger partial charge on any atom is -0.508 e. The lowest BCUT2D eigenvalue weighted by atomic mass is 10.1. The Morgan fingerprint density at radius 3 is 2.63 bits per heavy atom. The Hall–Kier alpha value is -2.04. The van der Waals surface area contributed by atoms with E-state index >= 15 is 0 Å². The number of carbonyl (C=O) groups is 2. The lowest BCUT2D eigenvalue weighted by molar-refractivity contribution is -0.141. The summed E-state index contributed by atoms with van der Waals surface area (Å²) in [5.41, 5.74) is 0.577. The van der Waals surface area contributed by atoms with Gasteiger partial charge < -0.3 is 15.5 Å². The summed E-state index contributed by atoms with van der Waals surface area (Å²) in [5, 5.41) is 21.3. The van der Waals surface area contributed by atoms with Crippen molar-refractivity contribution < 1.29 is 19.8 Å². The highest BCUT2D eigenvalue weighted by Gasteiger charge is 2.30. The van der Waals surface area contributed by atoms with E-state index in [9.17, 15) is 14.7 Å². The summed E-state index contributed by atoms with van der Waals surface area (Å²) in [7, 11) is 0. The van der Waals surface area contributed by atoms with Crippen LogP contribution in [0.2, 0.25) is 0 Å². The fraction of sp³-hybridized carbons (Fsp3) is 0.429. The number of phenols is 1. The molecule has 1 aromatic carbocycles. The predicted molar refractivity (Wildman–Crippen MR) is 68.7 cm³/mol. The Kier molecular flexibility index (Phi) is 4.04. The predicted octanol–water partition coefficient (Wildman–Crippen LogP) is 1.30. The SMILES string of the molecule is O=C(Cc1ccccc1O)N[C@H]1CC[C@@H](C(=O)O)C1. The molecule has 0 bridgehead atoms. The molecular weight excluding hydrogens is 246 g/mol. The van der Waals surface area contributed by atoms with Crippen LogP contribution in [0.4, 0.5) is 0 Å². The van der Waals surface area contributed by atoms with Crippen LogP contribution in [0.15, 0.2) is 24.3 Å². The van der Waals surface area contributed by atoms with E-state index in [-0.39, 0.29) is 30.0 Å². The Bertz CT molecular complexity index is 486. The largest absolute Gasteiger partial charge is 0.508 e. The van der Waals surface area contributed by atoms with Gasteiger partial charge in [-0.15, -0.1) is 0 Å². The van der Waals surface area contributed by atoms with Crippen LogP contribution in [0, 0.1) is 5.92 Å². The van der Waals surface area contributed by atoms with Crippen molar-refractivity contribution >= 4 is 11.9 Å². The number of phenolic OH excluding ortho intramolecular Hbond substituents is 1. The highest BCUT2D eigenvalue weighted by Crippen LogP contribution is 2.25. The van der Waals surface area contributed by atoms with Gasteiger partial charge in [0.15, 0.2) is 0 Å². The second-order valence-corrected chi connectivity index (χ2v) is 4.92. The zero-order valence-electron chi connectivity index (χ0n) is 10.5. The number of aromatic hydroxyl groups is 1. The lowest BCUT2D eigenvalue weighted by Crippen LogP contribution is -2.34. The van der Waals surface area contributed by atoms with Gasteiger partial charge in [-0.3, -0.25) is 9.59 Å². The molecule has 1 saturated carbocycles. The van der Waals surface area contributed by atoms with E-state index in [0.29, 0.717) is 24.8 Å². The van der Waals surface area contributed by atoms with Gasteiger partial charge in [-0.05, 0) is 25.3 Å². The molecule has 1 aromatic rings. The molecule has 0 aromatic heterocycles. The average molecular weight is 263 g/mol. The molecule has 1 aliphatic carbocycles. The molecule has 0 aliphatic heterocycles. The number of carboxylic acids is 1. The summed E-state index contributed by atoms with van der Waals surface area (Å²) in [6.07, 6.45) is 1.91. The monoisotopic (exact) mass is 263 g/mol. The van der Waals surface area contributed by atoms with Crippen molar-refractivity contribution in [1.29, 1.82) is 0 Å². The molecule has 5 heteroatoms. The quantitative estimate of drug-likeness (QED) is 0.764. The van der Waals surface area contributed by atoms with Gasteiger partial charge in [0.1, 0.15) is 5.75 Å². The number of benzene rings is 1. The van der Waals surface area contributed by atoms with Gasteiger partial charge in [0.25, 0.3) is 0 Å². The number of rotatable bonds is 4. The van der Waals surface area contributed by atoms with Gasteiger partial charge in [0, 0.05) is 11.6 Å². The van der Waals surface area contributed by atoms with Gasteiger partial charge >= 0.3 is 5.97 Å². The van der Waals surface area contributed by atoms with Crippen molar-refractivity contribution in [1.82, 2.24) is 5.32 Å². The molecule has 102 valence electrons. The minimum atomic E-state index is -0.794. The topological polar surface area (TPSA) is 86.6 Å². The maximum absolute atomic E-state index is 11.8. The van der Waals surface area contributed by atoms with Crippen LogP contribution >= 0.6 is 0 Å². The first-order valence-corrected chi connectivity index (χ1v) is 6.35. The van der Waals surface area contributed by atoms with Crippen molar-refractivity contribution in [3.8, 4) is 5.75 Å². The van der Waals surface area contributed by atoms with Gasteiger partial charge in [0.2, 0.25) is 5.91 Å². The number of carbonyl (C=O) groups excluding carboxylic acids is 1. The zero-order chi connectivity index (χ0) is 13.8. The molecule has 0 unspecified atom stereocenters. The van der Waals surface area contributed by atoms with Crippen LogP contribution in [0.25, 0.3) is 0 Å². The summed E-state index contributed by atoms with van der Waals surface area (Å²) in [6, 6.07) is 6.63. The Morgan fingerprint density at radius 1 is 1.26 bits per heavy atom. The summed E-state index contributed by atoms with van der Waals surface area (Å²) in [5.74, 6) is -1.22. The first-order chi connectivity index (χ1) is 9.06. The van der Waals surface area contributed by atoms with E-state index in [2.05, 4.69) is 5.32 Å². The lowest BCUT2D eigenvalue weighted by Gasteiger charge is -2.12. The third-order valence-electron chi connectivity index (χ3n) is 3.49. The fourth-order valence-corrected chi connectivity index (χ4v) is 2.45. The normalized spacial score (nSPS) is 22.1. The molecule has 19 heavy (non-hydrogen) atoms. The number of nitrogens with one attached hydrogen (secondary N) is 1. The van der Waals surface area contributed by atoms with E-state index in [1.165, 1.54) is 0 Å². The third-order valence-corrected chi connectivity index (χ3v) is 3.49. The molecule has 1 fully saturated rings. The molecule has 0 saturated heterocycles. The number of hydrogen-bond donors (Lipinski definition) is 3.